The van der Waals surface area contributed by atoms with Crippen LogP contribution in [0.1, 0.15) is 25.0 Å². The molecule has 0 fully saturated rings. The molecule has 0 heterocycles. The van der Waals surface area contributed by atoms with E-state index in [0.29, 0.717) is 0 Å². The van der Waals surface area contributed by atoms with E-state index in [1.807, 2.05) is 19.1 Å². The van der Waals surface area contributed by atoms with Gasteiger partial charge in [0.1, 0.15) is 0 Å². The van der Waals surface area contributed by atoms with Crippen molar-refractivity contribution in [1.29, 1.82) is 0 Å². The molecule has 16 heavy (non-hydrogen) atoms. The molecule has 1 aromatic rings. The van der Waals surface area contributed by atoms with Crippen molar-refractivity contribution in [2.24, 2.45) is 5.92 Å². The number of hydrogen-bond donors (Lipinski definition) is 1. The van der Waals surface area contributed by atoms with Crippen LogP contribution < -0.4 is 0 Å². The molecule has 0 aliphatic rings. The van der Waals surface area contributed by atoms with E-state index in [9.17, 15) is 4.79 Å². The number of thioether (sulfide) groups is 1. The average Bonchev–Trinajstić information content (AvgIpc) is 2.26. The second-order valence-corrected chi connectivity index (χ2v) is 5.44. The Kier molecular flexibility index (Phi) is 4.87. The van der Waals surface area contributed by atoms with Gasteiger partial charge in [-0.05, 0) is 18.1 Å². The van der Waals surface area contributed by atoms with Crippen molar-refractivity contribution in [3.05, 3.63) is 35.4 Å². The Hall–Kier alpha value is -0.960. The Morgan fingerprint density at radius 3 is 2.56 bits per heavy atom. The molecule has 0 saturated carbocycles. The van der Waals surface area contributed by atoms with E-state index in [2.05, 4.69) is 19.1 Å². The van der Waals surface area contributed by atoms with Gasteiger partial charge in [-0.2, -0.15) is 11.8 Å². The monoisotopic (exact) mass is 238 g/mol. The van der Waals surface area contributed by atoms with E-state index in [4.69, 9.17) is 5.11 Å². The first-order valence-corrected chi connectivity index (χ1v) is 6.46. The molecule has 1 N–H and O–H groups in total. The maximum absolute atomic E-state index is 10.8. The van der Waals surface area contributed by atoms with E-state index in [-0.39, 0.29) is 11.2 Å². The molecule has 0 aliphatic carbocycles. The van der Waals surface area contributed by atoms with Crippen molar-refractivity contribution < 1.29 is 9.90 Å². The second kappa shape index (κ2) is 5.94. The van der Waals surface area contributed by atoms with Crippen LogP contribution in [0.4, 0.5) is 0 Å². The number of hydrogen-bond acceptors (Lipinski definition) is 2. The first-order valence-electron chi connectivity index (χ1n) is 5.41. The van der Waals surface area contributed by atoms with Crippen LogP contribution >= 0.6 is 11.8 Å². The third kappa shape index (κ3) is 3.56. The zero-order valence-electron chi connectivity index (χ0n) is 9.93. The highest BCUT2D eigenvalue weighted by molar-refractivity contribution is 7.99. The molecule has 88 valence electrons. The normalized spacial score (nSPS) is 14.4. The summed E-state index contributed by atoms with van der Waals surface area (Å²) in [7, 11) is 0. The van der Waals surface area contributed by atoms with Crippen LogP contribution in [0.15, 0.2) is 24.3 Å². The van der Waals surface area contributed by atoms with Gasteiger partial charge >= 0.3 is 5.97 Å². The van der Waals surface area contributed by atoms with Crippen LogP contribution in [-0.4, -0.2) is 16.3 Å². The molecule has 2 unspecified atom stereocenters. The van der Waals surface area contributed by atoms with E-state index in [0.717, 1.165) is 5.75 Å². The van der Waals surface area contributed by atoms with E-state index >= 15 is 0 Å². The van der Waals surface area contributed by atoms with E-state index in [1.54, 1.807) is 18.7 Å². The summed E-state index contributed by atoms with van der Waals surface area (Å²) in [5.74, 6) is -0.135. The molecular weight excluding hydrogens is 220 g/mol. The van der Waals surface area contributed by atoms with Crippen LogP contribution in [-0.2, 0) is 10.5 Å². The molecule has 1 rings (SSSR count). The van der Waals surface area contributed by atoms with Gasteiger partial charge in [-0.25, -0.2) is 0 Å². The molecule has 2 atom stereocenters. The third-order valence-electron chi connectivity index (χ3n) is 2.86. The lowest BCUT2D eigenvalue weighted by atomic mass is 10.1. The number of aliphatic carboxylic acids is 1. The maximum Gasteiger partial charge on any atom is 0.307 e. The summed E-state index contributed by atoms with van der Waals surface area (Å²) in [6.45, 7) is 5.82. The summed E-state index contributed by atoms with van der Waals surface area (Å²) in [6, 6.07) is 8.22. The molecule has 3 heteroatoms. The Morgan fingerprint density at radius 1 is 1.38 bits per heavy atom. The highest BCUT2D eigenvalue weighted by Gasteiger charge is 2.19. The zero-order valence-corrected chi connectivity index (χ0v) is 10.8. The van der Waals surface area contributed by atoms with Crippen molar-refractivity contribution >= 4 is 17.7 Å². The minimum atomic E-state index is -0.718. The lowest BCUT2D eigenvalue weighted by Crippen LogP contribution is -2.20. The van der Waals surface area contributed by atoms with Crippen LogP contribution in [0.3, 0.4) is 0 Å². The molecule has 0 spiro atoms. The molecule has 0 aromatic heterocycles. The Labute approximate surface area is 101 Å². The number of aryl methyl sites for hydroxylation is 1. The van der Waals surface area contributed by atoms with Gasteiger partial charge in [0.2, 0.25) is 0 Å². The number of carboxylic acid groups (broad SMARTS) is 1. The second-order valence-electron chi connectivity index (χ2n) is 4.07. The van der Waals surface area contributed by atoms with Crippen LogP contribution in [0.25, 0.3) is 0 Å². The van der Waals surface area contributed by atoms with Crippen molar-refractivity contribution in [1.82, 2.24) is 0 Å². The maximum atomic E-state index is 10.8. The van der Waals surface area contributed by atoms with Gasteiger partial charge in [0.15, 0.2) is 0 Å². The topological polar surface area (TPSA) is 37.3 Å². The molecule has 0 bridgehead atoms. The zero-order chi connectivity index (χ0) is 12.1. The largest absolute Gasteiger partial charge is 0.481 e. The molecule has 0 saturated heterocycles. The lowest BCUT2D eigenvalue weighted by Gasteiger charge is -2.16. The predicted octanol–water partition coefficient (Wildman–Crippen LogP) is 3.34. The van der Waals surface area contributed by atoms with Gasteiger partial charge in [-0.3, -0.25) is 4.79 Å². The summed E-state index contributed by atoms with van der Waals surface area (Å²) in [5, 5.41) is 9.03. The van der Waals surface area contributed by atoms with Gasteiger partial charge in [-0.1, -0.05) is 38.1 Å². The van der Waals surface area contributed by atoms with Gasteiger partial charge in [0, 0.05) is 11.0 Å². The van der Waals surface area contributed by atoms with Crippen LogP contribution in [0.2, 0.25) is 0 Å². The SMILES string of the molecule is Cc1ccccc1CSC(C)C(C)C(=O)O. The smallest absolute Gasteiger partial charge is 0.307 e. The minimum absolute atomic E-state index is 0.136. The Balaban J connectivity index is 2.52. The molecule has 0 aliphatic heterocycles. The minimum Gasteiger partial charge on any atom is -0.481 e. The van der Waals surface area contributed by atoms with E-state index in [1.165, 1.54) is 11.1 Å². The highest BCUT2D eigenvalue weighted by Crippen LogP contribution is 2.24. The summed E-state index contributed by atoms with van der Waals surface area (Å²) < 4.78 is 0. The average molecular weight is 238 g/mol. The third-order valence-corrected chi connectivity index (χ3v) is 4.27. The standard InChI is InChI=1S/C13H18O2S/c1-9-6-4-5-7-12(9)8-16-11(3)10(2)13(14)15/h4-7,10-11H,8H2,1-3H3,(H,14,15). The number of rotatable bonds is 5. The lowest BCUT2D eigenvalue weighted by molar-refractivity contribution is -0.140. The Bertz CT molecular complexity index is 363. The quantitative estimate of drug-likeness (QED) is 0.855. The first-order chi connectivity index (χ1) is 7.52. The van der Waals surface area contributed by atoms with Gasteiger partial charge in [0.05, 0.1) is 5.92 Å². The van der Waals surface area contributed by atoms with Gasteiger partial charge < -0.3 is 5.11 Å². The fraction of sp³-hybridized carbons (Fsp3) is 0.462. The number of carbonyl (C=O) groups is 1. The van der Waals surface area contributed by atoms with Crippen molar-refractivity contribution in [3.8, 4) is 0 Å². The summed E-state index contributed by atoms with van der Waals surface area (Å²) in [5.41, 5.74) is 2.56. The fourth-order valence-electron chi connectivity index (χ4n) is 1.34. The van der Waals surface area contributed by atoms with Crippen LogP contribution in [0, 0.1) is 12.8 Å². The molecule has 1 aromatic carbocycles. The van der Waals surface area contributed by atoms with Crippen molar-refractivity contribution in [2.45, 2.75) is 31.8 Å². The predicted molar refractivity (Wildman–Crippen MR) is 68.7 cm³/mol. The number of carboxylic acids is 1. The summed E-state index contributed by atoms with van der Waals surface area (Å²) >= 11 is 1.70. The van der Waals surface area contributed by atoms with Crippen molar-refractivity contribution in [3.63, 3.8) is 0 Å². The molecule has 2 nitrogen and oxygen atoms in total. The summed E-state index contributed by atoms with van der Waals surface area (Å²) in [6.07, 6.45) is 0. The highest BCUT2D eigenvalue weighted by atomic mass is 32.2. The fourth-order valence-corrected chi connectivity index (χ4v) is 2.51. The molecular formula is C13H18O2S. The molecule has 0 radical (unpaired) electrons. The molecule has 0 amide bonds. The van der Waals surface area contributed by atoms with E-state index < -0.39 is 5.97 Å². The Morgan fingerprint density at radius 2 is 2.00 bits per heavy atom. The number of benzene rings is 1. The van der Waals surface area contributed by atoms with Gasteiger partial charge in [-0.15, -0.1) is 0 Å². The summed E-state index contributed by atoms with van der Waals surface area (Å²) in [4.78, 5) is 10.8. The van der Waals surface area contributed by atoms with Gasteiger partial charge in [0.25, 0.3) is 0 Å². The first kappa shape index (κ1) is 13.1. The van der Waals surface area contributed by atoms with Crippen LogP contribution in [0.5, 0.6) is 0 Å². The van der Waals surface area contributed by atoms with Crippen molar-refractivity contribution in [2.75, 3.05) is 0 Å².